The average Bonchev–Trinajstić information content (AvgIpc) is 2.20. The van der Waals surface area contributed by atoms with Gasteiger partial charge < -0.3 is 5.11 Å². The van der Waals surface area contributed by atoms with Crippen molar-refractivity contribution in [3.63, 3.8) is 0 Å². The molecule has 0 aliphatic rings. The zero-order valence-corrected chi connectivity index (χ0v) is 9.15. The van der Waals surface area contributed by atoms with Crippen LogP contribution in [0.2, 0.25) is 0 Å². The van der Waals surface area contributed by atoms with E-state index in [0.717, 1.165) is 0 Å². The Kier molecular flexibility index (Phi) is 3.56. The molecule has 1 aromatic carbocycles. The maximum atomic E-state index is 11.3. The summed E-state index contributed by atoms with van der Waals surface area (Å²) in [7, 11) is -2.81. The van der Waals surface area contributed by atoms with Crippen LogP contribution >= 0.6 is 8.03 Å². The molecule has 0 aliphatic heterocycles. The van der Waals surface area contributed by atoms with E-state index in [0.29, 0.717) is 5.56 Å². The lowest BCUT2D eigenvalue weighted by Crippen LogP contribution is -2.31. The van der Waals surface area contributed by atoms with E-state index in [1.807, 2.05) is 0 Å². The summed E-state index contributed by atoms with van der Waals surface area (Å²) in [4.78, 5) is 20.4. The van der Waals surface area contributed by atoms with Gasteiger partial charge >= 0.3 is 19.2 Å². The van der Waals surface area contributed by atoms with Gasteiger partial charge in [-0.1, -0.05) is 37.3 Å². The standard InChI is InChI=1S/C10H11O4P/c1-2-10(9(11)12,15(13)14)8-6-4-3-5-7-8/h3-7H,2H2,1H3,(H-,11,12,13,14)/p+1. The van der Waals surface area contributed by atoms with Gasteiger partial charge in [-0.25, -0.2) is 4.79 Å². The number of carboxylic acid groups (broad SMARTS) is 1. The predicted octanol–water partition coefficient (Wildman–Crippen LogP) is 2.11. The fraction of sp³-hybridized carbons (Fsp3) is 0.300. The van der Waals surface area contributed by atoms with Crippen molar-refractivity contribution in [2.75, 3.05) is 0 Å². The normalized spacial score (nSPS) is 15.5. The Morgan fingerprint density at radius 1 is 1.40 bits per heavy atom. The second kappa shape index (κ2) is 4.51. The van der Waals surface area contributed by atoms with Crippen molar-refractivity contribution in [3.8, 4) is 0 Å². The highest BCUT2D eigenvalue weighted by Crippen LogP contribution is 2.47. The van der Waals surface area contributed by atoms with Crippen LogP contribution in [0.25, 0.3) is 0 Å². The molecule has 2 unspecified atom stereocenters. The van der Waals surface area contributed by atoms with Gasteiger partial charge in [0.1, 0.15) is 0 Å². The minimum absolute atomic E-state index is 0.0814. The zero-order chi connectivity index (χ0) is 11.5. The van der Waals surface area contributed by atoms with E-state index in [4.69, 9.17) is 5.11 Å². The molecule has 0 aromatic heterocycles. The largest absolute Gasteiger partial charge is 0.528 e. The SMILES string of the molecule is CCC(C(=O)O)(c1ccccc1)[P+](=O)O. The van der Waals surface area contributed by atoms with Crippen molar-refractivity contribution >= 4 is 14.0 Å². The molecule has 2 N–H and O–H groups in total. The molecular formula is C10H12O4P+. The number of rotatable bonds is 4. The monoisotopic (exact) mass is 227 g/mol. The van der Waals surface area contributed by atoms with E-state index in [-0.39, 0.29) is 6.42 Å². The number of carboxylic acids is 1. The zero-order valence-electron chi connectivity index (χ0n) is 8.25. The van der Waals surface area contributed by atoms with Gasteiger partial charge in [0.25, 0.3) is 0 Å². The Labute approximate surface area is 88.4 Å². The molecule has 0 amide bonds. The number of hydrogen-bond donors (Lipinski definition) is 2. The Morgan fingerprint density at radius 2 is 1.93 bits per heavy atom. The van der Waals surface area contributed by atoms with Gasteiger partial charge in [-0.3, -0.25) is 0 Å². The van der Waals surface area contributed by atoms with E-state index in [2.05, 4.69) is 0 Å². The van der Waals surface area contributed by atoms with E-state index in [1.54, 1.807) is 37.3 Å². The van der Waals surface area contributed by atoms with Gasteiger partial charge in [-0.05, 0) is 4.57 Å². The van der Waals surface area contributed by atoms with Gasteiger partial charge in [-0.2, -0.15) is 4.89 Å². The van der Waals surface area contributed by atoms with Gasteiger partial charge in [-0.15, -0.1) is 0 Å². The fourth-order valence-corrected chi connectivity index (χ4v) is 2.32. The molecule has 0 heterocycles. The summed E-state index contributed by atoms with van der Waals surface area (Å²) in [5, 5.41) is 7.42. The van der Waals surface area contributed by atoms with Crippen molar-refractivity contribution in [2.24, 2.45) is 0 Å². The third kappa shape index (κ3) is 1.91. The summed E-state index contributed by atoms with van der Waals surface area (Å²) in [6, 6.07) is 8.15. The number of hydrogen-bond acceptors (Lipinski definition) is 2. The predicted molar refractivity (Wildman–Crippen MR) is 55.9 cm³/mol. The second-order valence-corrected chi connectivity index (χ2v) is 4.47. The van der Waals surface area contributed by atoms with Gasteiger partial charge in [0.15, 0.2) is 0 Å². The van der Waals surface area contributed by atoms with E-state index in [9.17, 15) is 14.3 Å². The van der Waals surface area contributed by atoms with Crippen molar-refractivity contribution in [3.05, 3.63) is 35.9 Å². The smallest absolute Gasteiger partial charge is 0.477 e. The van der Waals surface area contributed by atoms with E-state index >= 15 is 0 Å². The van der Waals surface area contributed by atoms with Gasteiger partial charge in [0.05, 0.1) is 0 Å². The van der Waals surface area contributed by atoms with Crippen molar-refractivity contribution < 1.29 is 19.4 Å². The molecule has 0 radical (unpaired) electrons. The topological polar surface area (TPSA) is 74.6 Å². The molecule has 0 aliphatic carbocycles. The lowest BCUT2D eigenvalue weighted by Gasteiger charge is -2.14. The molecule has 1 rings (SSSR count). The highest BCUT2D eigenvalue weighted by atomic mass is 31.1. The molecule has 0 fully saturated rings. The minimum atomic E-state index is -2.81. The van der Waals surface area contributed by atoms with Gasteiger partial charge in [0.2, 0.25) is 0 Å². The number of benzene rings is 1. The molecule has 4 nitrogen and oxygen atoms in total. The molecule has 80 valence electrons. The van der Waals surface area contributed by atoms with E-state index in [1.165, 1.54) is 0 Å². The maximum Gasteiger partial charge on any atom is 0.528 e. The van der Waals surface area contributed by atoms with Crippen LogP contribution in [0.1, 0.15) is 18.9 Å². The quantitative estimate of drug-likeness (QED) is 0.772. The van der Waals surface area contributed by atoms with Crippen LogP contribution in [-0.4, -0.2) is 16.0 Å². The molecule has 0 spiro atoms. The fourth-order valence-electron chi connectivity index (χ4n) is 1.52. The van der Waals surface area contributed by atoms with Crippen molar-refractivity contribution in [1.29, 1.82) is 0 Å². The molecular weight excluding hydrogens is 215 g/mol. The molecule has 15 heavy (non-hydrogen) atoms. The first kappa shape index (κ1) is 11.8. The first-order valence-corrected chi connectivity index (χ1v) is 5.72. The lowest BCUT2D eigenvalue weighted by molar-refractivity contribution is -0.140. The third-order valence-electron chi connectivity index (χ3n) is 2.44. The molecule has 1 aromatic rings. The van der Waals surface area contributed by atoms with Crippen LogP contribution in [0.3, 0.4) is 0 Å². The van der Waals surface area contributed by atoms with Crippen LogP contribution < -0.4 is 0 Å². The summed E-state index contributed by atoms with van der Waals surface area (Å²) in [6.07, 6.45) is 0.0814. The van der Waals surface area contributed by atoms with Crippen molar-refractivity contribution in [1.82, 2.24) is 0 Å². The molecule has 0 saturated carbocycles. The molecule has 0 saturated heterocycles. The summed E-state index contributed by atoms with van der Waals surface area (Å²) < 4.78 is 11.3. The first-order valence-electron chi connectivity index (χ1n) is 4.51. The highest BCUT2D eigenvalue weighted by Gasteiger charge is 2.57. The first-order chi connectivity index (χ1) is 7.05. The number of carbonyl (C=O) groups is 1. The third-order valence-corrected chi connectivity index (χ3v) is 3.86. The Hall–Kier alpha value is -1.25. The average molecular weight is 227 g/mol. The second-order valence-electron chi connectivity index (χ2n) is 3.16. The molecule has 5 heteroatoms. The highest BCUT2D eigenvalue weighted by molar-refractivity contribution is 7.41. The number of aliphatic carboxylic acids is 1. The summed E-state index contributed by atoms with van der Waals surface area (Å²) >= 11 is 0. The van der Waals surface area contributed by atoms with Crippen LogP contribution in [0.5, 0.6) is 0 Å². The minimum Gasteiger partial charge on any atom is -0.477 e. The summed E-state index contributed by atoms with van der Waals surface area (Å²) in [5.41, 5.74) is 0.364. The summed E-state index contributed by atoms with van der Waals surface area (Å²) in [6.45, 7) is 1.59. The van der Waals surface area contributed by atoms with Gasteiger partial charge in [0, 0.05) is 12.0 Å². The molecule has 2 atom stereocenters. The van der Waals surface area contributed by atoms with Crippen LogP contribution in [-0.2, 0) is 14.5 Å². The van der Waals surface area contributed by atoms with Crippen molar-refractivity contribution in [2.45, 2.75) is 18.5 Å². The Balaban J connectivity index is 3.35. The lowest BCUT2D eigenvalue weighted by atomic mass is 9.95. The van der Waals surface area contributed by atoms with Crippen LogP contribution in [0.15, 0.2) is 30.3 Å². The maximum absolute atomic E-state index is 11.3. The van der Waals surface area contributed by atoms with E-state index < -0.39 is 19.2 Å². The Morgan fingerprint density at radius 3 is 2.27 bits per heavy atom. The Bertz CT molecular complexity index is 360. The summed E-state index contributed by atoms with van der Waals surface area (Å²) in [5.74, 6) is -1.26. The van der Waals surface area contributed by atoms with Crippen LogP contribution in [0, 0.1) is 0 Å². The molecule has 0 bridgehead atoms. The van der Waals surface area contributed by atoms with Crippen LogP contribution in [0.4, 0.5) is 0 Å².